The molecule has 0 aliphatic carbocycles. The third-order valence-corrected chi connectivity index (χ3v) is 13.3. The van der Waals surface area contributed by atoms with Gasteiger partial charge in [-0.2, -0.15) is 4.73 Å². The molecule has 0 amide bonds. The molecule has 9 rings (SSSR count). The van der Waals surface area contributed by atoms with Gasteiger partial charge in [0, 0.05) is 86.8 Å². The molecule has 0 fully saturated rings. The first-order valence-corrected chi connectivity index (χ1v) is 20.6. The lowest BCUT2D eigenvalue weighted by atomic mass is 10.0. The van der Waals surface area contributed by atoms with E-state index in [0.717, 1.165) is 0 Å². The summed E-state index contributed by atoms with van der Waals surface area (Å²) in [7, 11) is -4.25. The lowest BCUT2D eigenvalue weighted by Gasteiger charge is -2.27. The van der Waals surface area contributed by atoms with Crippen LogP contribution in [0.4, 0.5) is 0 Å². The van der Waals surface area contributed by atoms with E-state index < -0.39 is 25.3 Å². The van der Waals surface area contributed by atoms with Crippen molar-refractivity contribution in [2.24, 2.45) is 0 Å². The first-order chi connectivity index (χ1) is 26.8. The van der Waals surface area contributed by atoms with Gasteiger partial charge in [0.25, 0.3) is 0 Å². The standard InChI is InChI=1S/C40H34N7O4P3/c1-2-22-41(21-1)48-35-17-15-18-36(49-52(42-23-3-4-24-42)43-25-5-6-26-43)39(35)40-37(50-53(44-27-7-8-28-44)45-29-9-10-30-45)19-16-20-38(40)51-54(46-31-11-12-32-46)47-33-13-14-34-47/h1-34H. The van der Waals surface area contributed by atoms with Gasteiger partial charge in [-0.3, -0.25) is 26.0 Å². The van der Waals surface area contributed by atoms with E-state index in [1.165, 1.54) is 0 Å². The number of aromatic nitrogens is 7. The Morgan fingerprint density at radius 3 is 0.815 bits per heavy atom. The molecular formula is C40H34N7O4P3. The summed E-state index contributed by atoms with van der Waals surface area (Å²) in [6.07, 6.45) is 27.9. The van der Waals surface area contributed by atoms with Gasteiger partial charge in [0.1, 0.15) is 17.2 Å². The van der Waals surface area contributed by atoms with Crippen molar-refractivity contribution in [1.82, 2.24) is 30.8 Å². The molecule has 11 nitrogen and oxygen atoms in total. The largest absolute Gasteiger partial charge is 0.435 e. The molecule has 0 saturated carbocycles. The van der Waals surface area contributed by atoms with Crippen LogP contribution < -0.4 is 18.4 Å². The molecule has 2 aromatic carbocycles. The lowest BCUT2D eigenvalue weighted by Crippen LogP contribution is -2.09. The topological polar surface area (TPSA) is 71.4 Å². The number of benzene rings is 2. The fraction of sp³-hybridized carbons (Fsp3) is 0. The van der Waals surface area contributed by atoms with Gasteiger partial charge in [0.05, 0.1) is 11.1 Å². The van der Waals surface area contributed by atoms with Crippen molar-refractivity contribution in [2.45, 2.75) is 0 Å². The van der Waals surface area contributed by atoms with Crippen LogP contribution in [0, 0.1) is 0 Å². The lowest BCUT2D eigenvalue weighted by molar-refractivity contribution is 0.217. The fourth-order valence-electron chi connectivity index (χ4n) is 5.85. The fourth-order valence-corrected chi connectivity index (χ4v) is 10.4. The van der Waals surface area contributed by atoms with E-state index in [4.69, 9.17) is 18.4 Å². The monoisotopic (exact) mass is 769 g/mol. The molecule has 268 valence electrons. The minimum absolute atomic E-state index is 0.553. The van der Waals surface area contributed by atoms with E-state index >= 15 is 0 Å². The Bertz CT molecular complexity index is 2270. The van der Waals surface area contributed by atoms with Crippen LogP contribution in [0.1, 0.15) is 0 Å². The summed E-state index contributed by atoms with van der Waals surface area (Å²) in [5.74, 6) is 2.33. The third-order valence-electron chi connectivity index (χ3n) is 8.26. The van der Waals surface area contributed by atoms with Crippen LogP contribution >= 0.6 is 25.3 Å². The van der Waals surface area contributed by atoms with Crippen LogP contribution in [0.2, 0.25) is 0 Å². The highest BCUT2D eigenvalue weighted by atomic mass is 31.2. The molecule has 7 aromatic heterocycles. The van der Waals surface area contributed by atoms with Crippen molar-refractivity contribution >= 4 is 25.3 Å². The minimum Gasteiger partial charge on any atom is -0.435 e. The SMILES string of the molecule is c1cc(On2cccc2)c(-c2c(OP(n3cccc3)n3cccc3)cccc2OP(n2cccc2)n2cccc2)c(OP(n2cccc2)n2cccc2)c1. The second kappa shape index (κ2) is 15.5. The van der Waals surface area contributed by atoms with Crippen LogP contribution in [-0.4, -0.2) is 30.8 Å². The van der Waals surface area contributed by atoms with Crippen molar-refractivity contribution in [3.63, 3.8) is 0 Å². The predicted molar refractivity (Wildman–Crippen MR) is 214 cm³/mol. The van der Waals surface area contributed by atoms with Gasteiger partial charge in [-0.1, -0.05) is 12.1 Å². The zero-order valence-electron chi connectivity index (χ0n) is 28.7. The number of rotatable bonds is 15. The molecule has 54 heavy (non-hydrogen) atoms. The molecule has 0 aliphatic heterocycles. The Labute approximate surface area is 315 Å². The Morgan fingerprint density at radius 1 is 0.278 bits per heavy atom. The summed E-state index contributed by atoms with van der Waals surface area (Å²) in [6.45, 7) is 0. The smallest absolute Gasteiger partial charge is 0.317 e. The maximum atomic E-state index is 7.17. The highest BCUT2D eigenvalue weighted by molar-refractivity contribution is 7.50. The van der Waals surface area contributed by atoms with Crippen LogP contribution in [-0.2, 0) is 0 Å². The van der Waals surface area contributed by atoms with Gasteiger partial charge in [-0.25, -0.2) is 0 Å². The van der Waals surface area contributed by atoms with Crippen molar-refractivity contribution in [2.75, 3.05) is 0 Å². The molecule has 0 radical (unpaired) electrons. The molecule has 0 saturated heterocycles. The second-order valence-corrected chi connectivity index (χ2v) is 16.6. The Kier molecular flexibility index (Phi) is 9.66. The van der Waals surface area contributed by atoms with E-state index in [0.29, 0.717) is 34.1 Å². The third kappa shape index (κ3) is 7.01. The molecule has 0 spiro atoms. The summed E-state index contributed by atoms with van der Waals surface area (Å²) < 4.78 is 35.6. The summed E-state index contributed by atoms with van der Waals surface area (Å²) >= 11 is 0. The van der Waals surface area contributed by atoms with Gasteiger partial charge in [-0.05, 0) is 109 Å². The molecular weight excluding hydrogens is 735 g/mol. The van der Waals surface area contributed by atoms with Crippen LogP contribution in [0.15, 0.2) is 208 Å². The number of hydrogen-bond acceptors (Lipinski definition) is 4. The summed E-state index contributed by atoms with van der Waals surface area (Å²) in [4.78, 5) is 6.63. The Morgan fingerprint density at radius 2 is 0.519 bits per heavy atom. The Hall–Kier alpha value is -6.11. The maximum absolute atomic E-state index is 7.17. The van der Waals surface area contributed by atoms with E-state index in [-0.39, 0.29) is 0 Å². The van der Waals surface area contributed by atoms with Gasteiger partial charge in [0.15, 0.2) is 5.75 Å². The molecule has 7 heterocycles. The normalized spacial score (nSPS) is 11.5. The molecule has 0 N–H and O–H groups in total. The Balaban J connectivity index is 1.26. The van der Waals surface area contributed by atoms with E-state index in [1.54, 1.807) is 4.73 Å². The van der Waals surface area contributed by atoms with Crippen molar-refractivity contribution in [3.8, 4) is 34.1 Å². The minimum atomic E-state index is -1.42. The zero-order chi connectivity index (χ0) is 36.1. The van der Waals surface area contributed by atoms with Gasteiger partial charge >= 0.3 is 25.3 Å². The maximum Gasteiger partial charge on any atom is 0.317 e. The molecule has 0 bridgehead atoms. The molecule has 0 unspecified atom stereocenters. The van der Waals surface area contributed by atoms with Gasteiger partial charge in [-0.15, -0.1) is 0 Å². The van der Waals surface area contributed by atoms with E-state index in [1.807, 2.05) is 208 Å². The quantitative estimate of drug-likeness (QED) is 0.0974. The highest BCUT2D eigenvalue weighted by Crippen LogP contribution is 2.56. The first-order valence-electron chi connectivity index (χ1n) is 17.1. The summed E-state index contributed by atoms with van der Waals surface area (Å²) in [6, 6.07) is 39.6. The van der Waals surface area contributed by atoms with Crippen molar-refractivity contribution < 1.29 is 18.4 Å². The predicted octanol–water partition coefficient (Wildman–Crippen LogP) is 10.9. The van der Waals surface area contributed by atoms with Gasteiger partial charge < -0.3 is 18.4 Å². The first kappa shape index (κ1) is 33.7. The molecule has 9 aromatic rings. The number of hydrogen-bond donors (Lipinski definition) is 0. The van der Waals surface area contributed by atoms with E-state index in [2.05, 4.69) is 26.0 Å². The molecule has 14 heteroatoms. The van der Waals surface area contributed by atoms with Crippen molar-refractivity contribution in [3.05, 3.63) is 208 Å². The zero-order valence-corrected chi connectivity index (χ0v) is 31.4. The summed E-state index contributed by atoms with van der Waals surface area (Å²) in [5.41, 5.74) is 1.36. The second-order valence-electron chi connectivity index (χ2n) is 11.8. The van der Waals surface area contributed by atoms with Crippen LogP contribution in [0.25, 0.3) is 11.1 Å². The number of nitrogens with zero attached hydrogens (tertiary/aromatic N) is 7. The van der Waals surface area contributed by atoms with Crippen LogP contribution in [0.3, 0.4) is 0 Å². The molecule has 0 aliphatic rings. The van der Waals surface area contributed by atoms with Gasteiger partial charge in [0.2, 0.25) is 0 Å². The average Bonchev–Trinajstić information content (AvgIpc) is 4.04. The molecule has 0 atom stereocenters. The van der Waals surface area contributed by atoms with Crippen molar-refractivity contribution in [1.29, 1.82) is 0 Å². The van der Waals surface area contributed by atoms with Crippen LogP contribution in [0.5, 0.6) is 23.0 Å². The average molecular weight is 770 g/mol. The summed E-state index contributed by atoms with van der Waals surface area (Å²) in [5, 5.41) is 0. The highest BCUT2D eigenvalue weighted by Gasteiger charge is 2.30. The van der Waals surface area contributed by atoms with E-state index in [9.17, 15) is 0 Å².